The van der Waals surface area contributed by atoms with E-state index in [0.717, 1.165) is 37.4 Å². The molecule has 4 nitrogen and oxygen atoms in total. The van der Waals surface area contributed by atoms with Gasteiger partial charge in [0.25, 0.3) is 0 Å². The summed E-state index contributed by atoms with van der Waals surface area (Å²) in [6, 6.07) is 0. The minimum atomic E-state index is -0.00641. The highest BCUT2D eigenvalue weighted by molar-refractivity contribution is 5.49. The van der Waals surface area contributed by atoms with Crippen molar-refractivity contribution in [1.82, 2.24) is 9.97 Å². The van der Waals surface area contributed by atoms with Crippen molar-refractivity contribution in [3.63, 3.8) is 0 Å². The lowest BCUT2D eigenvalue weighted by atomic mass is 10.1. The average Bonchev–Trinajstić information content (AvgIpc) is 2.89. The third kappa shape index (κ3) is 3.29. The zero-order valence-electron chi connectivity index (χ0n) is 13.2. The van der Waals surface area contributed by atoms with Gasteiger partial charge in [0.1, 0.15) is 11.9 Å². The highest BCUT2D eigenvalue weighted by atomic mass is 16.5. The number of nitrogens with zero attached hydrogens (tertiary/aromatic N) is 2. The highest BCUT2D eigenvalue weighted by Gasteiger charge is 2.25. The minimum absolute atomic E-state index is 0.00641. The standard InChI is InChI=1S/C16H27N3O/c1-5-10-17-15-12-8-7-9-13(12)18-16(19-15)14(11(3)4)20-6-2/h11,14H,5-10H2,1-4H3,(H,17,18,19). The van der Waals surface area contributed by atoms with E-state index in [2.05, 4.69) is 26.1 Å². The summed E-state index contributed by atoms with van der Waals surface area (Å²) in [7, 11) is 0. The second-order valence-electron chi connectivity index (χ2n) is 5.76. The van der Waals surface area contributed by atoms with E-state index in [1.807, 2.05) is 6.92 Å². The van der Waals surface area contributed by atoms with Crippen LogP contribution in [-0.2, 0) is 17.6 Å². The molecular formula is C16H27N3O. The second-order valence-corrected chi connectivity index (χ2v) is 5.76. The maximum absolute atomic E-state index is 5.86. The molecule has 0 amide bonds. The molecule has 1 aromatic rings. The van der Waals surface area contributed by atoms with Gasteiger partial charge in [-0.3, -0.25) is 0 Å². The van der Waals surface area contributed by atoms with Gasteiger partial charge in [-0.2, -0.15) is 0 Å². The Morgan fingerprint density at radius 3 is 2.65 bits per heavy atom. The van der Waals surface area contributed by atoms with Crippen LogP contribution < -0.4 is 5.32 Å². The fraction of sp³-hybridized carbons (Fsp3) is 0.750. The summed E-state index contributed by atoms with van der Waals surface area (Å²) < 4.78 is 5.86. The average molecular weight is 277 g/mol. The fourth-order valence-electron chi connectivity index (χ4n) is 2.71. The second kappa shape index (κ2) is 7.02. The molecule has 0 aliphatic heterocycles. The van der Waals surface area contributed by atoms with Gasteiger partial charge in [-0.05, 0) is 38.5 Å². The van der Waals surface area contributed by atoms with Gasteiger partial charge in [-0.15, -0.1) is 0 Å². The van der Waals surface area contributed by atoms with Crippen LogP contribution in [0.2, 0.25) is 0 Å². The molecule has 20 heavy (non-hydrogen) atoms. The first-order valence-electron chi connectivity index (χ1n) is 7.92. The van der Waals surface area contributed by atoms with E-state index in [4.69, 9.17) is 14.7 Å². The van der Waals surface area contributed by atoms with Gasteiger partial charge in [0, 0.05) is 24.4 Å². The Hall–Kier alpha value is -1.16. The lowest BCUT2D eigenvalue weighted by Gasteiger charge is -2.21. The van der Waals surface area contributed by atoms with Crippen LogP contribution in [0.25, 0.3) is 0 Å². The number of anilines is 1. The predicted octanol–water partition coefficient (Wildman–Crippen LogP) is 3.52. The molecule has 0 fully saturated rings. The normalized spacial score (nSPS) is 15.4. The molecular weight excluding hydrogens is 250 g/mol. The largest absolute Gasteiger partial charge is 0.370 e. The Labute approximate surface area is 122 Å². The molecule has 1 unspecified atom stereocenters. The Bertz CT molecular complexity index is 446. The van der Waals surface area contributed by atoms with E-state index in [-0.39, 0.29) is 6.10 Å². The molecule has 1 aromatic heterocycles. The van der Waals surface area contributed by atoms with Crippen LogP contribution in [0.3, 0.4) is 0 Å². The van der Waals surface area contributed by atoms with Gasteiger partial charge >= 0.3 is 0 Å². The van der Waals surface area contributed by atoms with Crippen molar-refractivity contribution in [2.24, 2.45) is 5.92 Å². The number of ether oxygens (including phenoxy) is 1. The Balaban J connectivity index is 2.33. The van der Waals surface area contributed by atoms with Crippen LogP contribution >= 0.6 is 0 Å². The highest BCUT2D eigenvalue weighted by Crippen LogP contribution is 2.30. The molecule has 0 saturated heterocycles. The Kier molecular flexibility index (Phi) is 5.35. The molecule has 4 heteroatoms. The molecule has 0 radical (unpaired) electrons. The first-order valence-corrected chi connectivity index (χ1v) is 7.92. The SMILES string of the molecule is CCCNc1nc(C(OCC)C(C)C)nc2c1CCC2. The van der Waals surface area contributed by atoms with E-state index in [9.17, 15) is 0 Å². The van der Waals surface area contributed by atoms with E-state index >= 15 is 0 Å². The van der Waals surface area contributed by atoms with E-state index in [1.165, 1.54) is 17.7 Å². The molecule has 0 aromatic carbocycles. The smallest absolute Gasteiger partial charge is 0.160 e. The van der Waals surface area contributed by atoms with Gasteiger partial charge in [0.2, 0.25) is 0 Å². The number of nitrogens with one attached hydrogen (secondary N) is 1. The summed E-state index contributed by atoms with van der Waals surface area (Å²) in [6.45, 7) is 10.2. The zero-order valence-corrected chi connectivity index (χ0v) is 13.2. The summed E-state index contributed by atoms with van der Waals surface area (Å²) in [5.41, 5.74) is 2.54. The van der Waals surface area contributed by atoms with Gasteiger partial charge in [0.15, 0.2) is 5.82 Å². The molecule has 112 valence electrons. The third-order valence-electron chi connectivity index (χ3n) is 3.70. The molecule has 0 saturated carbocycles. The van der Waals surface area contributed by atoms with Crippen LogP contribution in [0.15, 0.2) is 0 Å². The maximum Gasteiger partial charge on any atom is 0.160 e. The summed E-state index contributed by atoms with van der Waals surface area (Å²) >= 11 is 0. The molecule has 1 atom stereocenters. The van der Waals surface area contributed by atoms with Crippen molar-refractivity contribution in [3.05, 3.63) is 17.1 Å². The van der Waals surface area contributed by atoms with Crippen molar-refractivity contribution in [2.75, 3.05) is 18.5 Å². The monoisotopic (exact) mass is 277 g/mol. The molecule has 1 aliphatic carbocycles. The topological polar surface area (TPSA) is 47.0 Å². The summed E-state index contributed by atoms with van der Waals surface area (Å²) in [6.07, 6.45) is 4.46. The Morgan fingerprint density at radius 1 is 1.20 bits per heavy atom. The fourth-order valence-corrected chi connectivity index (χ4v) is 2.71. The molecule has 0 spiro atoms. The molecule has 1 heterocycles. The number of hydrogen-bond donors (Lipinski definition) is 1. The van der Waals surface area contributed by atoms with Crippen LogP contribution in [-0.4, -0.2) is 23.1 Å². The van der Waals surface area contributed by atoms with E-state index in [1.54, 1.807) is 0 Å². The number of rotatable bonds is 7. The van der Waals surface area contributed by atoms with E-state index < -0.39 is 0 Å². The molecule has 1 aliphatic rings. The van der Waals surface area contributed by atoms with Crippen molar-refractivity contribution in [3.8, 4) is 0 Å². The van der Waals surface area contributed by atoms with Crippen LogP contribution in [0.1, 0.15) is 63.7 Å². The Morgan fingerprint density at radius 2 is 2.00 bits per heavy atom. The van der Waals surface area contributed by atoms with Crippen molar-refractivity contribution in [1.29, 1.82) is 0 Å². The van der Waals surface area contributed by atoms with Crippen molar-refractivity contribution in [2.45, 2.75) is 59.5 Å². The first-order chi connectivity index (χ1) is 9.67. The van der Waals surface area contributed by atoms with Gasteiger partial charge in [-0.1, -0.05) is 20.8 Å². The molecule has 0 bridgehead atoms. The third-order valence-corrected chi connectivity index (χ3v) is 3.70. The number of aromatic nitrogens is 2. The number of aryl methyl sites for hydroxylation is 1. The lowest BCUT2D eigenvalue weighted by Crippen LogP contribution is -2.17. The van der Waals surface area contributed by atoms with Crippen LogP contribution in [0.5, 0.6) is 0 Å². The van der Waals surface area contributed by atoms with Crippen LogP contribution in [0.4, 0.5) is 5.82 Å². The first kappa shape index (κ1) is 15.2. The molecule has 1 N–H and O–H groups in total. The minimum Gasteiger partial charge on any atom is -0.370 e. The maximum atomic E-state index is 5.86. The van der Waals surface area contributed by atoms with Gasteiger partial charge in [0.05, 0.1) is 0 Å². The van der Waals surface area contributed by atoms with Gasteiger partial charge < -0.3 is 10.1 Å². The van der Waals surface area contributed by atoms with E-state index in [0.29, 0.717) is 12.5 Å². The van der Waals surface area contributed by atoms with Crippen molar-refractivity contribution < 1.29 is 4.74 Å². The zero-order chi connectivity index (χ0) is 14.5. The lowest BCUT2D eigenvalue weighted by molar-refractivity contribution is 0.0231. The summed E-state index contributed by atoms with van der Waals surface area (Å²) in [5, 5.41) is 3.46. The number of fused-ring (bicyclic) bond motifs is 1. The predicted molar refractivity (Wildman–Crippen MR) is 82.0 cm³/mol. The summed E-state index contributed by atoms with van der Waals surface area (Å²) in [4.78, 5) is 9.56. The van der Waals surface area contributed by atoms with Crippen molar-refractivity contribution >= 4 is 5.82 Å². The summed E-state index contributed by atoms with van der Waals surface area (Å²) in [5.74, 6) is 2.27. The number of hydrogen-bond acceptors (Lipinski definition) is 4. The van der Waals surface area contributed by atoms with Gasteiger partial charge in [-0.25, -0.2) is 9.97 Å². The van der Waals surface area contributed by atoms with Crippen LogP contribution in [0, 0.1) is 5.92 Å². The molecule has 2 rings (SSSR count). The quantitative estimate of drug-likeness (QED) is 0.828.